The Kier molecular flexibility index (Phi) is 6.80. The van der Waals surface area contributed by atoms with E-state index in [4.69, 9.17) is 10.5 Å². The molecular weight excluding hydrogens is 381 g/mol. The first-order valence-electron chi connectivity index (χ1n) is 9.61. The van der Waals surface area contributed by atoms with Crippen LogP contribution in [0.5, 0.6) is 5.75 Å². The van der Waals surface area contributed by atoms with Crippen LogP contribution in [0.25, 0.3) is 5.57 Å². The minimum atomic E-state index is -1.46. The van der Waals surface area contributed by atoms with Crippen LogP contribution in [0.4, 0.5) is 15.8 Å². The van der Waals surface area contributed by atoms with Crippen molar-refractivity contribution >= 4 is 22.9 Å². The number of rotatable bonds is 8. The molecule has 30 heavy (non-hydrogen) atoms. The van der Waals surface area contributed by atoms with Gasteiger partial charge < -0.3 is 15.8 Å². The van der Waals surface area contributed by atoms with E-state index in [2.05, 4.69) is 16.9 Å². The summed E-state index contributed by atoms with van der Waals surface area (Å²) in [4.78, 5) is 16.6. The predicted octanol–water partition coefficient (Wildman–Crippen LogP) is 5.26. The number of hydrogen-bond donors (Lipinski definition) is 2. The summed E-state index contributed by atoms with van der Waals surface area (Å²) in [6.45, 7) is 5.44. The lowest BCUT2D eigenvalue weighted by Gasteiger charge is -2.13. The van der Waals surface area contributed by atoms with Gasteiger partial charge in [0.2, 0.25) is 6.36 Å². The fourth-order valence-corrected chi connectivity index (χ4v) is 3.02. The Bertz CT molecular complexity index is 1040. The second-order valence-corrected chi connectivity index (χ2v) is 6.90. The van der Waals surface area contributed by atoms with E-state index < -0.39 is 6.36 Å². The van der Waals surface area contributed by atoms with Gasteiger partial charge >= 0.3 is 0 Å². The van der Waals surface area contributed by atoms with E-state index >= 15 is 0 Å². The first-order chi connectivity index (χ1) is 14.4. The zero-order valence-corrected chi connectivity index (χ0v) is 16.8. The molecule has 5 nitrogen and oxygen atoms in total. The van der Waals surface area contributed by atoms with Crippen LogP contribution in [0.2, 0.25) is 0 Å². The number of nitrogen functional groups attached to an aromatic ring is 1. The van der Waals surface area contributed by atoms with Crippen molar-refractivity contribution in [2.45, 2.75) is 26.1 Å². The number of amides is 1. The number of ether oxygens (including phenoxy) is 1. The molecule has 1 aromatic heterocycles. The average molecular weight is 405 g/mol. The van der Waals surface area contributed by atoms with Crippen molar-refractivity contribution in [3.63, 3.8) is 0 Å². The number of benzene rings is 2. The number of aromatic nitrogens is 1. The highest BCUT2D eigenvalue weighted by Crippen LogP contribution is 2.28. The smallest absolute Gasteiger partial charge is 0.255 e. The Balaban J connectivity index is 1.70. The Hall–Kier alpha value is -3.67. The third-order valence-electron chi connectivity index (χ3n) is 4.55. The highest BCUT2D eigenvalue weighted by Gasteiger charge is 2.11. The number of carbonyl (C=O) groups is 1. The molecule has 0 spiro atoms. The molecule has 1 unspecified atom stereocenters. The highest BCUT2D eigenvalue weighted by atomic mass is 19.1. The van der Waals surface area contributed by atoms with Gasteiger partial charge in [-0.05, 0) is 72.5 Å². The number of nitrogens with one attached hydrogen (secondary N) is 1. The Morgan fingerprint density at radius 3 is 2.70 bits per heavy atom. The lowest BCUT2D eigenvalue weighted by molar-refractivity contribution is 0.0855. The Morgan fingerprint density at radius 2 is 1.97 bits per heavy atom. The zero-order valence-electron chi connectivity index (χ0n) is 16.8. The first kappa shape index (κ1) is 21.0. The lowest BCUT2D eigenvalue weighted by atomic mass is 9.98. The maximum atomic E-state index is 13.0. The number of alkyl halides is 1. The van der Waals surface area contributed by atoms with Crippen molar-refractivity contribution < 1.29 is 13.9 Å². The molecule has 6 heteroatoms. The number of nitrogens with zero attached hydrogens (tertiary/aromatic N) is 1. The van der Waals surface area contributed by atoms with E-state index in [9.17, 15) is 9.18 Å². The topological polar surface area (TPSA) is 77.2 Å². The summed E-state index contributed by atoms with van der Waals surface area (Å²) >= 11 is 0. The van der Waals surface area contributed by atoms with E-state index in [0.717, 1.165) is 24.0 Å². The summed E-state index contributed by atoms with van der Waals surface area (Å²) < 4.78 is 18.1. The molecule has 1 heterocycles. The molecule has 3 rings (SSSR count). The number of anilines is 2. The van der Waals surface area contributed by atoms with E-state index in [0.29, 0.717) is 22.7 Å². The number of aryl methyl sites for hydroxylation is 1. The summed E-state index contributed by atoms with van der Waals surface area (Å²) in [6, 6.07) is 15.6. The number of hydrogen-bond acceptors (Lipinski definition) is 4. The molecule has 0 aliphatic heterocycles. The van der Waals surface area contributed by atoms with Crippen LogP contribution < -0.4 is 15.8 Å². The molecule has 1 amide bonds. The third kappa shape index (κ3) is 5.67. The Morgan fingerprint density at radius 1 is 1.20 bits per heavy atom. The minimum Gasteiger partial charge on any atom is -0.461 e. The predicted molar refractivity (Wildman–Crippen MR) is 118 cm³/mol. The molecule has 154 valence electrons. The van der Waals surface area contributed by atoms with Crippen LogP contribution >= 0.6 is 0 Å². The van der Waals surface area contributed by atoms with E-state index in [1.165, 1.54) is 18.6 Å². The van der Waals surface area contributed by atoms with Gasteiger partial charge in [-0.15, -0.1) is 0 Å². The summed E-state index contributed by atoms with van der Waals surface area (Å²) in [5, 5.41) is 2.84. The van der Waals surface area contributed by atoms with Gasteiger partial charge in [0.1, 0.15) is 5.75 Å². The molecule has 0 bridgehead atoms. The fourth-order valence-electron chi connectivity index (χ4n) is 3.02. The molecule has 0 aliphatic carbocycles. The minimum absolute atomic E-state index is 0.292. The molecule has 3 N–H and O–H groups in total. The number of halogens is 1. The molecule has 2 aromatic carbocycles. The van der Waals surface area contributed by atoms with Gasteiger partial charge in [0, 0.05) is 41.8 Å². The van der Waals surface area contributed by atoms with Crippen LogP contribution in [0.3, 0.4) is 0 Å². The Labute approximate surface area is 175 Å². The van der Waals surface area contributed by atoms with Gasteiger partial charge in [-0.3, -0.25) is 9.78 Å². The first-order valence-corrected chi connectivity index (χ1v) is 9.61. The van der Waals surface area contributed by atoms with Crippen LogP contribution in [-0.4, -0.2) is 17.2 Å². The molecular formula is C24H24FN3O2. The SMILES string of the molecule is C=C(CCc1ccncc1)c1cc(NC(=O)c2cccc(OC(C)F)c2)ccc1N. The van der Waals surface area contributed by atoms with E-state index in [1.54, 1.807) is 42.7 Å². The second-order valence-electron chi connectivity index (χ2n) is 6.90. The number of nitrogens with two attached hydrogens (primary N) is 1. The monoisotopic (exact) mass is 405 g/mol. The second kappa shape index (κ2) is 9.69. The van der Waals surface area contributed by atoms with Crippen LogP contribution in [0, 0.1) is 0 Å². The van der Waals surface area contributed by atoms with Crippen LogP contribution in [0.15, 0.2) is 73.6 Å². The van der Waals surface area contributed by atoms with Gasteiger partial charge in [0.05, 0.1) is 0 Å². The normalized spacial score (nSPS) is 11.5. The van der Waals surface area contributed by atoms with Crippen molar-refractivity contribution in [3.05, 3.63) is 90.3 Å². The van der Waals surface area contributed by atoms with Crippen molar-refractivity contribution in [1.29, 1.82) is 0 Å². The fraction of sp³-hybridized carbons (Fsp3) is 0.167. The van der Waals surface area contributed by atoms with Crippen LogP contribution in [0.1, 0.15) is 34.8 Å². The molecule has 0 radical (unpaired) electrons. The summed E-state index contributed by atoms with van der Waals surface area (Å²) in [5.74, 6) is -0.0368. The van der Waals surface area contributed by atoms with Crippen LogP contribution in [-0.2, 0) is 6.42 Å². The maximum absolute atomic E-state index is 13.0. The highest BCUT2D eigenvalue weighted by molar-refractivity contribution is 6.04. The quantitative estimate of drug-likeness (QED) is 0.502. The number of pyridine rings is 1. The number of allylic oxidation sites excluding steroid dienone is 1. The molecule has 0 aliphatic rings. The summed E-state index contributed by atoms with van der Waals surface area (Å²) in [6.07, 6.45) is 3.61. The van der Waals surface area contributed by atoms with Crippen molar-refractivity contribution in [3.8, 4) is 5.75 Å². The van der Waals surface area contributed by atoms with Crippen molar-refractivity contribution in [1.82, 2.24) is 4.98 Å². The van der Waals surface area contributed by atoms with E-state index in [1.807, 2.05) is 18.2 Å². The molecule has 0 saturated heterocycles. The average Bonchev–Trinajstić information content (AvgIpc) is 2.74. The maximum Gasteiger partial charge on any atom is 0.255 e. The van der Waals surface area contributed by atoms with Gasteiger partial charge in [-0.2, -0.15) is 0 Å². The van der Waals surface area contributed by atoms with E-state index in [-0.39, 0.29) is 5.91 Å². The third-order valence-corrected chi connectivity index (χ3v) is 4.55. The molecule has 3 aromatic rings. The largest absolute Gasteiger partial charge is 0.461 e. The van der Waals surface area contributed by atoms with Gasteiger partial charge in [0.15, 0.2) is 0 Å². The molecule has 0 fully saturated rings. The van der Waals surface area contributed by atoms with Crippen molar-refractivity contribution in [2.24, 2.45) is 0 Å². The van der Waals surface area contributed by atoms with Crippen molar-refractivity contribution in [2.75, 3.05) is 11.1 Å². The van der Waals surface area contributed by atoms with Gasteiger partial charge in [-0.25, -0.2) is 4.39 Å². The summed E-state index contributed by atoms with van der Waals surface area (Å²) in [7, 11) is 0. The summed E-state index contributed by atoms with van der Waals surface area (Å²) in [5.41, 5.74) is 10.5. The molecule has 1 atom stereocenters. The molecule has 0 saturated carbocycles. The zero-order chi connectivity index (χ0) is 21.5. The van der Waals surface area contributed by atoms with Gasteiger partial charge in [-0.1, -0.05) is 12.6 Å². The van der Waals surface area contributed by atoms with Gasteiger partial charge in [0.25, 0.3) is 5.91 Å². The standard InChI is InChI=1S/C24H24FN3O2/c1-16(6-7-18-10-12-27-13-11-18)22-15-20(8-9-23(22)26)28-24(29)19-4-3-5-21(14-19)30-17(2)25/h3-5,8-15,17H,1,6-7,26H2,2H3,(H,28,29). The lowest BCUT2D eigenvalue weighted by Crippen LogP contribution is -2.13. The number of carbonyl (C=O) groups excluding carboxylic acids is 1.